The number of hydrogen-bond donors (Lipinski definition) is 3. The summed E-state index contributed by atoms with van der Waals surface area (Å²) < 4.78 is 27.0. The van der Waals surface area contributed by atoms with E-state index in [1.165, 1.54) is 0 Å². The molecular formula is C24H29N3O4S2. The van der Waals surface area contributed by atoms with E-state index in [1.807, 2.05) is 25.1 Å². The number of aromatic hydroxyl groups is 1. The van der Waals surface area contributed by atoms with Gasteiger partial charge in [-0.1, -0.05) is 11.3 Å². The Balaban J connectivity index is 1.55. The fraction of sp³-hybridized carbons (Fsp3) is 0.375. The van der Waals surface area contributed by atoms with Crippen molar-refractivity contribution in [1.82, 2.24) is 4.98 Å². The minimum atomic E-state index is -1.55. The van der Waals surface area contributed by atoms with Gasteiger partial charge in [0.15, 0.2) is 16.1 Å². The molecule has 0 spiro atoms. The van der Waals surface area contributed by atoms with Crippen molar-refractivity contribution >= 4 is 33.1 Å². The highest BCUT2D eigenvalue weighted by molar-refractivity contribution is 7.86. The molecule has 0 radical (unpaired) electrons. The number of nitrogens with one attached hydrogen (secondary N) is 2. The van der Waals surface area contributed by atoms with Gasteiger partial charge in [-0.3, -0.25) is 0 Å². The van der Waals surface area contributed by atoms with Gasteiger partial charge in [-0.05, 0) is 80.6 Å². The fourth-order valence-corrected chi connectivity index (χ4v) is 6.00. The quantitative estimate of drug-likeness (QED) is 0.379. The van der Waals surface area contributed by atoms with Crippen molar-refractivity contribution in [2.45, 2.75) is 37.6 Å². The van der Waals surface area contributed by atoms with Gasteiger partial charge in [-0.15, -0.1) is 0 Å². The van der Waals surface area contributed by atoms with Gasteiger partial charge in [0.2, 0.25) is 0 Å². The third-order valence-electron chi connectivity index (χ3n) is 5.82. The third kappa shape index (κ3) is 5.66. The Kier molecular flexibility index (Phi) is 7.52. The summed E-state index contributed by atoms with van der Waals surface area (Å²) in [6, 6.07) is 12.4. The van der Waals surface area contributed by atoms with Crippen molar-refractivity contribution in [3.63, 3.8) is 0 Å². The highest BCUT2D eigenvalue weighted by Crippen LogP contribution is 2.37. The molecule has 2 aromatic carbocycles. The number of hydrogen-bond acceptors (Lipinski definition) is 7. The minimum Gasteiger partial charge on any atom is -0.508 e. The number of aromatic nitrogens is 1. The van der Waals surface area contributed by atoms with Crippen LogP contribution in [0.25, 0.3) is 10.4 Å². The van der Waals surface area contributed by atoms with E-state index < -0.39 is 11.0 Å². The summed E-state index contributed by atoms with van der Waals surface area (Å²) in [5, 5.41) is 13.9. The number of aryl methyl sites for hydroxylation is 1. The lowest BCUT2D eigenvalue weighted by Gasteiger charge is -2.28. The van der Waals surface area contributed by atoms with E-state index in [0.29, 0.717) is 28.3 Å². The Bertz CT molecular complexity index is 1110. The monoisotopic (exact) mass is 487 g/mol. The van der Waals surface area contributed by atoms with Crippen LogP contribution < -0.4 is 14.8 Å². The molecular weight excluding hydrogens is 458 g/mol. The van der Waals surface area contributed by atoms with Gasteiger partial charge < -0.3 is 24.6 Å². The molecule has 3 aromatic rings. The van der Waals surface area contributed by atoms with Gasteiger partial charge in [0.25, 0.3) is 0 Å². The molecule has 33 heavy (non-hydrogen) atoms. The summed E-state index contributed by atoms with van der Waals surface area (Å²) in [4.78, 5) is 6.32. The molecule has 1 saturated heterocycles. The number of phenols is 1. The van der Waals surface area contributed by atoms with E-state index in [0.717, 1.165) is 47.3 Å². The molecule has 1 aliphatic rings. The Morgan fingerprint density at radius 3 is 2.64 bits per heavy atom. The lowest BCUT2D eigenvalue weighted by Crippen LogP contribution is -2.30. The van der Waals surface area contributed by atoms with E-state index >= 15 is 0 Å². The molecule has 0 amide bonds. The molecule has 7 nitrogen and oxygen atoms in total. The molecule has 2 atom stereocenters. The van der Waals surface area contributed by atoms with Gasteiger partial charge in [0.1, 0.15) is 16.4 Å². The number of nitrogens with zero attached hydrogens (tertiary/aromatic N) is 1. The highest BCUT2D eigenvalue weighted by Gasteiger charge is 2.22. The summed E-state index contributed by atoms with van der Waals surface area (Å²) in [6.45, 7) is 5.84. The predicted molar refractivity (Wildman–Crippen MR) is 134 cm³/mol. The summed E-state index contributed by atoms with van der Waals surface area (Å²) in [5.41, 5.74) is 2.50. The van der Waals surface area contributed by atoms with E-state index in [9.17, 15) is 9.32 Å². The van der Waals surface area contributed by atoms with Crippen LogP contribution >= 0.6 is 11.3 Å². The van der Waals surface area contributed by atoms with Crippen LogP contribution in [0.2, 0.25) is 0 Å². The second-order valence-electron chi connectivity index (χ2n) is 8.10. The molecule has 1 fully saturated rings. The van der Waals surface area contributed by atoms with Crippen LogP contribution in [0, 0.1) is 12.8 Å². The van der Waals surface area contributed by atoms with Crippen molar-refractivity contribution in [2.24, 2.45) is 5.92 Å². The van der Waals surface area contributed by atoms with Crippen LogP contribution in [-0.2, 0) is 15.7 Å². The van der Waals surface area contributed by atoms with Gasteiger partial charge in [0.05, 0.1) is 17.7 Å². The highest BCUT2D eigenvalue weighted by atomic mass is 32.2. The van der Waals surface area contributed by atoms with Gasteiger partial charge in [-0.25, -0.2) is 9.19 Å². The normalized spacial score (nSPS) is 16.2. The largest absolute Gasteiger partial charge is 0.508 e. The number of rotatable bonds is 8. The van der Waals surface area contributed by atoms with E-state index in [-0.39, 0.29) is 5.75 Å². The minimum absolute atomic E-state index is 0.155. The van der Waals surface area contributed by atoms with Crippen molar-refractivity contribution in [2.75, 3.05) is 30.4 Å². The summed E-state index contributed by atoms with van der Waals surface area (Å²) in [5.74, 6) is 1.27. The molecule has 9 heteroatoms. The van der Waals surface area contributed by atoms with Crippen LogP contribution in [-0.4, -0.2) is 40.7 Å². The van der Waals surface area contributed by atoms with E-state index in [1.54, 1.807) is 42.7 Å². The van der Waals surface area contributed by atoms with Gasteiger partial charge >= 0.3 is 0 Å². The molecule has 2 unspecified atom stereocenters. The van der Waals surface area contributed by atoms with Gasteiger partial charge in [0, 0.05) is 24.9 Å². The Labute approximate surface area is 200 Å². The fourth-order valence-electron chi connectivity index (χ4n) is 3.91. The number of anilines is 2. The van der Waals surface area contributed by atoms with E-state index in [2.05, 4.69) is 17.0 Å². The maximum atomic E-state index is 13.1. The molecule has 4 rings (SSSR count). The number of phenolic OH excluding ortho intramolecular Hbond substituents is 1. The van der Waals surface area contributed by atoms with Crippen LogP contribution in [0.4, 0.5) is 10.8 Å². The van der Waals surface area contributed by atoms with Crippen LogP contribution in [0.5, 0.6) is 11.5 Å². The zero-order valence-corrected chi connectivity index (χ0v) is 20.6. The molecule has 1 aliphatic heterocycles. The third-order valence-corrected chi connectivity index (χ3v) is 8.10. The van der Waals surface area contributed by atoms with Crippen molar-refractivity contribution in [1.29, 1.82) is 0 Å². The number of benzene rings is 2. The van der Waals surface area contributed by atoms with Crippen molar-refractivity contribution < 1.29 is 18.8 Å². The number of methoxy groups -OCH3 is 1. The first-order valence-corrected chi connectivity index (χ1v) is 12.9. The van der Waals surface area contributed by atoms with E-state index in [4.69, 9.17) is 14.5 Å². The predicted octanol–water partition coefficient (Wildman–Crippen LogP) is 5.19. The van der Waals surface area contributed by atoms with Gasteiger partial charge in [-0.2, -0.15) is 0 Å². The number of thiazole rings is 1. The second-order valence-corrected chi connectivity index (χ2v) is 10.3. The standard InChI is InChI=1S/C24H29N3O4S2/c1-15(17-10-12-31-13-11-17)25-24-26-16(2)23(32-24)18-4-9-21(30-3)22(14-18)33(29)27-19-5-7-20(28)8-6-19/h4-9,14-15,17,27-28H,10-13H2,1-3H3,(H,25,26). The first-order chi connectivity index (χ1) is 15.9. The molecule has 1 aromatic heterocycles. The molecule has 0 saturated carbocycles. The SMILES string of the molecule is COc1ccc(-c2sc(NC(C)C3CCOCC3)nc2C)cc1S(=O)Nc1ccc(O)cc1. The average Bonchev–Trinajstić information content (AvgIpc) is 3.20. The summed E-state index contributed by atoms with van der Waals surface area (Å²) >= 11 is 1.60. The molecule has 3 N–H and O–H groups in total. The molecule has 176 valence electrons. The maximum Gasteiger partial charge on any atom is 0.183 e. The van der Waals surface area contributed by atoms with Crippen molar-refractivity contribution in [3.8, 4) is 21.9 Å². The summed E-state index contributed by atoms with van der Waals surface area (Å²) in [6.07, 6.45) is 2.13. The van der Waals surface area contributed by atoms with Crippen LogP contribution in [0.15, 0.2) is 47.4 Å². The number of ether oxygens (including phenoxy) is 2. The Morgan fingerprint density at radius 1 is 1.21 bits per heavy atom. The topological polar surface area (TPSA) is 92.7 Å². The van der Waals surface area contributed by atoms with Crippen LogP contribution in [0.3, 0.4) is 0 Å². The maximum absolute atomic E-state index is 13.1. The first kappa shape index (κ1) is 23.5. The zero-order chi connectivity index (χ0) is 23.4. The summed E-state index contributed by atoms with van der Waals surface area (Å²) in [7, 11) is 0.0147. The zero-order valence-electron chi connectivity index (χ0n) is 19.0. The second kappa shape index (κ2) is 10.5. The Hall–Kier alpha value is -2.62. The Morgan fingerprint density at radius 2 is 1.94 bits per heavy atom. The average molecular weight is 488 g/mol. The smallest absolute Gasteiger partial charge is 0.183 e. The van der Waals surface area contributed by atoms with Crippen LogP contribution in [0.1, 0.15) is 25.5 Å². The molecule has 2 heterocycles. The first-order valence-electron chi connectivity index (χ1n) is 10.9. The van der Waals surface area contributed by atoms with Crippen molar-refractivity contribution in [3.05, 3.63) is 48.2 Å². The molecule has 0 bridgehead atoms. The lowest BCUT2D eigenvalue weighted by molar-refractivity contribution is 0.0622. The lowest BCUT2D eigenvalue weighted by atomic mass is 9.93. The molecule has 0 aliphatic carbocycles.